The SMILES string of the molecule is CC(=O)ON(C(=O)OC(C)(C)C)S(=O)(=O)c1oc2ccccc2c1I. The zero-order chi connectivity index (χ0) is 19.0. The molecule has 0 bridgehead atoms. The van der Waals surface area contributed by atoms with Crippen LogP contribution >= 0.6 is 22.6 Å². The fourth-order valence-electron chi connectivity index (χ4n) is 1.83. The number of sulfonamides is 1. The van der Waals surface area contributed by atoms with Crippen LogP contribution in [0.3, 0.4) is 0 Å². The molecule has 0 aliphatic rings. The highest BCUT2D eigenvalue weighted by molar-refractivity contribution is 14.1. The number of nitrogens with zero attached hydrogens (tertiary/aromatic N) is 1. The number of amides is 1. The van der Waals surface area contributed by atoms with Crippen molar-refractivity contribution >= 4 is 55.6 Å². The maximum atomic E-state index is 12.8. The quantitative estimate of drug-likeness (QED) is 0.478. The van der Waals surface area contributed by atoms with Crippen LogP contribution in [0.1, 0.15) is 27.7 Å². The van der Waals surface area contributed by atoms with E-state index in [0.29, 0.717) is 11.0 Å². The van der Waals surface area contributed by atoms with E-state index in [1.165, 1.54) is 0 Å². The highest BCUT2D eigenvalue weighted by Gasteiger charge is 2.40. The fourth-order valence-corrected chi connectivity index (χ4v) is 4.34. The predicted octanol–water partition coefficient (Wildman–Crippen LogP) is 3.44. The average Bonchev–Trinajstić information content (AvgIpc) is 2.81. The molecule has 136 valence electrons. The maximum Gasteiger partial charge on any atom is 0.459 e. The molecular weight excluding hydrogens is 465 g/mol. The first-order chi connectivity index (χ1) is 11.4. The van der Waals surface area contributed by atoms with Gasteiger partial charge in [-0.25, -0.2) is 9.59 Å². The molecule has 1 amide bonds. The van der Waals surface area contributed by atoms with Crippen LogP contribution in [0.15, 0.2) is 33.8 Å². The monoisotopic (exact) mass is 481 g/mol. The molecule has 0 unspecified atom stereocenters. The molecule has 25 heavy (non-hydrogen) atoms. The van der Waals surface area contributed by atoms with Crippen LogP contribution in [0.4, 0.5) is 4.79 Å². The third-order valence-electron chi connectivity index (χ3n) is 2.71. The maximum absolute atomic E-state index is 12.8. The standard InChI is InChI=1S/C15H16INO7S/c1-9(18)24-17(14(19)23-15(2,3)4)25(20,21)13-12(16)10-7-5-6-8-11(10)22-13/h5-8H,1-4H3. The van der Waals surface area contributed by atoms with Gasteiger partial charge in [0, 0.05) is 12.3 Å². The van der Waals surface area contributed by atoms with Gasteiger partial charge in [-0.2, -0.15) is 8.42 Å². The molecule has 2 rings (SSSR count). The first-order valence-electron chi connectivity index (χ1n) is 7.07. The van der Waals surface area contributed by atoms with E-state index >= 15 is 0 Å². The number of benzene rings is 1. The first-order valence-corrected chi connectivity index (χ1v) is 9.59. The van der Waals surface area contributed by atoms with E-state index in [2.05, 4.69) is 4.84 Å². The smallest absolute Gasteiger partial charge is 0.442 e. The molecule has 0 aliphatic carbocycles. The lowest BCUT2D eigenvalue weighted by molar-refractivity contribution is -0.164. The number of fused-ring (bicyclic) bond motifs is 1. The molecule has 0 spiro atoms. The number of carbonyl (C=O) groups is 2. The molecule has 0 fully saturated rings. The first kappa shape index (κ1) is 19.5. The number of hydrogen-bond acceptors (Lipinski definition) is 7. The van der Waals surface area contributed by atoms with Gasteiger partial charge in [0.1, 0.15) is 11.2 Å². The summed E-state index contributed by atoms with van der Waals surface area (Å²) in [6.07, 6.45) is -1.35. The lowest BCUT2D eigenvalue weighted by Crippen LogP contribution is -2.41. The zero-order valence-corrected chi connectivity index (χ0v) is 16.9. The number of halogens is 1. The van der Waals surface area contributed by atoms with Crippen LogP contribution in [-0.2, 0) is 24.4 Å². The van der Waals surface area contributed by atoms with Gasteiger partial charge in [-0.3, -0.25) is 0 Å². The van der Waals surface area contributed by atoms with E-state index < -0.39 is 32.8 Å². The minimum absolute atomic E-state index is 0.0968. The molecule has 10 heteroatoms. The second-order valence-electron chi connectivity index (χ2n) is 6.00. The van der Waals surface area contributed by atoms with Crippen LogP contribution in [0.2, 0.25) is 0 Å². The second-order valence-corrected chi connectivity index (χ2v) is 8.73. The van der Waals surface area contributed by atoms with E-state index in [0.717, 1.165) is 6.92 Å². The lowest BCUT2D eigenvalue weighted by Gasteiger charge is -2.24. The third-order valence-corrected chi connectivity index (χ3v) is 5.57. The van der Waals surface area contributed by atoms with E-state index in [-0.39, 0.29) is 8.04 Å². The van der Waals surface area contributed by atoms with Crippen molar-refractivity contribution < 1.29 is 32.0 Å². The summed E-state index contributed by atoms with van der Waals surface area (Å²) in [4.78, 5) is 28.1. The van der Waals surface area contributed by atoms with Crippen molar-refractivity contribution in [1.29, 1.82) is 0 Å². The predicted molar refractivity (Wildman–Crippen MR) is 96.0 cm³/mol. The molecule has 0 radical (unpaired) electrons. The van der Waals surface area contributed by atoms with E-state index in [9.17, 15) is 18.0 Å². The molecule has 0 atom stereocenters. The number of para-hydroxylation sites is 1. The van der Waals surface area contributed by atoms with Gasteiger partial charge in [-0.1, -0.05) is 12.1 Å². The Kier molecular flexibility index (Phi) is 5.33. The van der Waals surface area contributed by atoms with Crippen molar-refractivity contribution in [3.63, 3.8) is 0 Å². The Morgan fingerprint density at radius 3 is 2.32 bits per heavy atom. The molecule has 1 heterocycles. The largest absolute Gasteiger partial charge is 0.459 e. The van der Waals surface area contributed by atoms with Gasteiger partial charge in [0.2, 0.25) is 0 Å². The minimum atomic E-state index is -4.62. The Morgan fingerprint density at radius 1 is 1.20 bits per heavy atom. The van der Waals surface area contributed by atoms with Crippen LogP contribution in [0, 0.1) is 3.57 Å². The van der Waals surface area contributed by atoms with Crippen LogP contribution in [0.25, 0.3) is 11.0 Å². The molecule has 2 aromatic rings. The summed E-state index contributed by atoms with van der Waals surface area (Å²) in [6.45, 7) is 5.62. The van der Waals surface area contributed by atoms with Crippen LogP contribution in [-0.4, -0.2) is 30.5 Å². The fraction of sp³-hybridized carbons (Fsp3) is 0.333. The van der Waals surface area contributed by atoms with Gasteiger partial charge in [0.05, 0.1) is 3.57 Å². The van der Waals surface area contributed by atoms with E-state index in [1.54, 1.807) is 67.6 Å². The van der Waals surface area contributed by atoms with Gasteiger partial charge in [0.25, 0.3) is 5.09 Å². The highest BCUT2D eigenvalue weighted by Crippen LogP contribution is 2.32. The third kappa shape index (κ3) is 4.24. The summed E-state index contributed by atoms with van der Waals surface area (Å²) in [5.41, 5.74) is -0.677. The number of ether oxygens (including phenoxy) is 1. The Morgan fingerprint density at radius 2 is 1.80 bits per heavy atom. The molecule has 1 aromatic carbocycles. The number of hydrogen-bond donors (Lipinski definition) is 0. The van der Waals surface area contributed by atoms with Crippen molar-refractivity contribution in [3.05, 3.63) is 27.8 Å². The summed E-state index contributed by atoms with van der Waals surface area (Å²) in [7, 11) is -4.62. The summed E-state index contributed by atoms with van der Waals surface area (Å²) in [5, 5.41) is 0.0371. The minimum Gasteiger partial charge on any atom is -0.442 e. The Bertz CT molecular complexity index is 927. The topological polar surface area (TPSA) is 103 Å². The van der Waals surface area contributed by atoms with Gasteiger partial charge in [-0.05, 0) is 60.0 Å². The molecule has 0 N–H and O–H groups in total. The van der Waals surface area contributed by atoms with Crippen molar-refractivity contribution in [3.8, 4) is 0 Å². The zero-order valence-electron chi connectivity index (χ0n) is 13.9. The normalized spacial score (nSPS) is 12.0. The molecular formula is C15H16INO7S. The average molecular weight is 481 g/mol. The summed E-state index contributed by atoms with van der Waals surface area (Å²) in [5.74, 6) is -0.999. The summed E-state index contributed by atoms with van der Waals surface area (Å²) < 4.78 is 36.2. The molecule has 0 saturated carbocycles. The number of furan rings is 1. The van der Waals surface area contributed by atoms with Crippen molar-refractivity contribution in [2.24, 2.45) is 0 Å². The van der Waals surface area contributed by atoms with Crippen molar-refractivity contribution in [1.82, 2.24) is 4.47 Å². The Hall–Kier alpha value is -1.82. The molecule has 1 aromatic heterocycles. The lowest BCUT2D eigenvalue weighted by atomic mass is 10.2. The Labute approximate surface area is 158 Å². The molecule has 8 nitrogen and oxygen atoms in total. The van der Waals surface area contributed by atoms with Gasteiger partial charge < -0.3 is 14.0 Å². The highest BCUT2D eigenvalue weighted by atomic mass is 127. The van der Waals surface area contributed by atoms with E-state index in [4.69, 9.17) is 9.15 Å². The number of rotatable bonds is 2. The van der Waals surface area contributed by atoms with Gasteiger partial charge in [0.15, 0.2) is 0 Å². The number of carbonyl (C=O) groups excluding carboxylic acids is 2. The second kappa shape index (κ2) is 6.83. The number of hydroxylamine groups is 1. The van der Waals surface area contributed by atoms with Crippen LogP contribution in [0.5, 0.6) is 0 Å². The van der Waals surface area contributed by atoms with Gasteiger partial charge >= 0.3 is 22.1 Å². The van der Waals surface area contributed by atoms with Crippen molar-refractivity contribution in [2.75, 3.05) is 0 Å². The molecule has 0 saturated heterocycles. The summed E-state index contributed by atoms with van der Waals surface area (Å²) in [6, 6.07) is 6.65. The van der Waals surface area contributed by atoms with Gasteiger partial charge in [-0.15, -0.1) is 0 Å². The van der Waals surface area contributed by atoms with E-state index in [1.807, 2.05) is 0 Å². The molecule has 0 aliphatic heterocycles. The van der Waals surface area contributed by atoms with Crippen molar-refractivity contribution in [2.45, 2.75) is 38.4 Å². The van der Waals surface area contributed by atoms with Crippen LogP contribution < -0.4 is 0 Å². The Balaban J connectivity index is 2.55. The summed E-state index contributed by atoms with van der Waals surface area (Å²) >= 11 is 1.79.